The summed E-state index contributed by atoms with van der Waals surface area (Å²) >= 11 is 0. The van der Waals surface area contributed by atoms with Gasteiger partial charge in [0, 0.05) is 32.1 Å². The van der Waals surface area contributed by atoms with Gasteiger partial charge in [-0.1, -0.05) is 36.3 Å². The van der Waals surface area contributed by atoms with E-state index in [1.807, 2.05) is 30.3 Å². The molecule has 0 saturated heterocycles. The number of ether oxygens (including phenoxy) is 3. The minimum Gasteiger partial charge on any atom is -0.476 e. The number of carbonyl (C=O) groups is 3. The van der Waals surface area contributed by atoms with Crippen LogP contribution in [0.2, 0.25) is 0 Å². The number of hydrogen-bond acceptors (Lipinski definition) is 6. The summed E-state index contributed by atoms with van der Waals surface area (Å²) in [5.74, 6) is 2.13. The van der Waals surface area contributed by atoms with E-state index in [4.69, 9.17) is 20.6 Å². The molecule has 1 aliphatic heterocycles. The summed E-state index contributed by atoms with van der Waals surface area (Å²) in [6, 6.07) is 12.3. The molecule has 1 N–H and O–H groups in total. The highest BCUT2D eigenvalue weighted by Gasteiger charge is 2.41. The summed E-state index contributed by atoms with van der Waals surface area (Å²) in [5.41, 5.74) is 0.440. The van der Waals surface area contributed by atoms with E-state index >= 15 is 0 Å². The van der Waals surface area contributed by atoms with Gasteiger partial charge < -0.3 is 24.4 Å². The molecule has 0 spiro atoms. The molecule has 0 fully saturated rings. The Morgan fingerprint density at radius 1 is 1.22 bits per heavy atom. The van der Waals surface area contributed by atoms with Crippen LogP contribution in [0, 0.1) is 12.3 Å². The standard InChI is InChI=1S/C24H24N2O6/c1-5-18-13-21-19(14-20(18)31-16(2)27)26(22(28)24(3,4)32-21)12-11-25-23(29)30-15-17-9-7-6-8-10-17/h1,6-10,13-14H,11-12,15H2,2-4H3,(H,25,29). The van der Waals surface area contributed by atoms with Gasteiger partial charge >= 0.3 is 12.1 Å². The van der Waals surface area contributed by atoms with Crippen molar-refractivity contribution < 1.29 is 28.6 Å². The molecule has 166 valence electrons. The van der Waals surface area contributed by atoms with Crippen molar-refractivity contribution in [1.82, 2.24) is 5.32 Å². The van der Waals surface area contributed by atoms with Crippen LogP contribution in [0.4, 0.5) is 10.5 Å². The molecule has 1 heterocycles. The van der Waals surface area contributed by atoms with Crippen LogP contribution in [0.15, 0.2) is 42.5 Å². The topological polar surface area (TPSA) is 94.2 Å². The largest absolute Gasteiger partial charge is 0.476 e. The minimum atomic E-state index is -1.14. The van der Waals surface area contributed by atoms with Crippen LogP contribution in [0.25, 0.3) is 0 Å². The fourth-order valence-electron chi connectivity index (χ4n) is 3.21. The maximum absolute atomic E-state index is 13.0. The number of nitrogens with one attached hydrogen (secondary N) is 1. The predicted octanol–water partition coefficient (Wildman–Crippen LogP) is 3.02. The number of anilines is 1. The number of amides is 2. The normalized spacial score (nSPS) is 13.9. The van der Waals surface area contributed by atoms with Crippen molar-refractivity contribution in [3.8, 4) is 23.8 Å². The van der Waals surface area contributed by atoms with Crippen LogP contribution in [0.3, 0.4) is 0 Å². The molecule has 0 atom stereocenters. The van der Waals surface area contributed by atoms with E-state index in [1.165, 1.54) is 17.9 Å². The van der Waals surface area contributed by atoms with Crippen LogP contribution >= 0.6 is 0 Å². The smallest absolute Gasteiger partial charge is 0.407 e. The number of alkyl carbamates (subject to hydrolysis) is 1. The number of rotatable bonds is 6. The van der Waals surface area contributed by atoms with E-state index < -0.39 is 17.7 Å². The molecule has 0 bridgehead atoms. The van der Waals surface area contributed by atoms with Crippen LogP contribution in [0.1, 0.15) is 31.9 Å². The highest BCUT2D eigenvalue weighted by Crippen LogP contribution is 2.41. The van der Waals surface area contributed by atoms with Crippen molar-refractivity contribution in [2.24, 2.45) is 0 Å². The molecule has 0 radical (unpaired) electrons. The third kappa shape index (κ3) is 5.19. The first-order valence-corrected chi connectivity index (χ1v) is 10.00. The van der Waals surface area contributed by atoms with Crippen LogP contribution < -0.4 is 19.7 Å². The average molecular weight is 436 g/mol. The first kappa shape index (κ1) is 22.7. The van der Waals surface area contributed by atoms with Gasteiger partial charge in [0.15, 0.2) is 5.60 Å². The monoisotopic (exact) mass is 436 g/mol. The van der Waals surface area contributed by atoms with Gasteiger partial charge in [0.2, 0.25) is 0 Å². The Kier molecular flexibility index (Phi) is 6.69. The van der Waals surface area contributed by atoms with Gasteiger partial charge in [0.05, 0.1) is 11.3 Å². The van der Waals surface area contributed by atoms with Gasteiger partial charge in [-0.15, -0.1) is 6.42 Å². The fourth-order valence-corrected chi connectivity index (χ4v) is 3.21. The molecule has 3 rings (SSSR count). The zero-order valence-corrected chi connectivity index (χ0v) is 18.1. The minimum absolute atomic E-state index is 0.134. The van der Waals surface area contributed by atoms with Crippen LogP contribution in [-0.4, -0.2) is 36.7 Å². The SMILES string of the molecule is C#Cc1cc2c(cc1OC(C)=O)N(CCNC(=O)OCc1ccccc1)C(=O)C(C)(C)O2. The maximum atomic E-state index is 13.0. The molecular formula is C24H24N2O6. The molecule has 0 saturated carbocycles. The quantitative estimate of drug-likeness (QED) is 0.425. The molecule has 1 aliphatic rings. The molecule has 32 heavy (non-hydrogen) atoms. The number of carbonyl (C=O) groups excluding carboxylic acids is 3. The van der Waals surface area contributed by atoms with Crippen molar-refractivity contribution in [2.75, 3.05) is 18.0 Å². The lowest BCUT2D eigenvalue weighted by molar-refractivity contribution is -0.132. The van der Waals surface area contributed by atoms with Crippen molar-refractivity contribution in [1.29, 1.82) is 0 Å². The van der Waals surface area contributed by atoms with Gasteiger partial charge in [-0.2, -0.15) is 0 Å². The highest BCUT2D eigenvalue weighted by molar-refractivity contribution is 6.03. The summed E-state index contributed by atoms with van der Waals surface area (Å²) in [7, 11) is 0. The first-order chi connectivity index (χ1) is 15.2. The molecule has 0 aromatic heterocycles. The first-order valence-electron chi connectivity index (χ1n) is 10.00. The Labute approximate surface area is 186 Å². The number of nitrogens with zero attached hydrogens (tertiary/aromatic N) is 1. The van der Waals surface area contributed by atoms with Crippen molar-refractivity contribution in [3.63, 3.8) is 0 Å². The predicted molar refractivity (Wildman–Crippen MR) is 117 cm³/mol. The molecule has 8 heteroatoms. The Hall–Kier alpha value is -3.99. The van der Waals surface area contributed by atoms with Gasteiger partial charge in [-0.05, 0) is 19.4 Å². The zero-order valence-electron chi connectivity index (χ0n) is 18.1. The third-order valence-electron chi connectivity index (χ3n) is 4.70. The summed E-state index contributed by atoms with van der Waals surface area (Å²) < 4.78 is 16.2. The van der Waals surface area contributed by atoms with Crippen molar-refractivity contribution >= 4 is 23.7 Å². The van der Waals surface area contributed by atoms with Crippen LogP contribution in [0.5, 0.6) is 11.5 Å². The lowest BCUT2D eigenvalue weighted by atomic mass is 10.0. The summed E-state index contributed by atoms with van der Waals surface area (Å²) in [6.45, 7) is 4.96. The number of hydrogen-bond donors (Lipinski definition) is 1. The Morgan fingerprint density at radius 2 is 1.94 bits per heavy atom. The Morgan fingerprint density at radius 3 is 2.59 bits per heavy atom. The fraction of sp³-hybridized carbons (Fsp3) is 0.292. The Bertz CT molecular complexity index is 1070. The van der Waals surface area contributed by atoms with E-state index in [2.05, 4.69) is 11.2 Å². The van der Waals surface area contributed by atoms with Crippen molar-refractivity contribution in [3.05, 3.63) is 53.6 Å². The molecular weight excluding hydrogens is 412 g/mol. The Balaban J connectivity index is 1.73. The van der Waals surface area contributed by atoms with E-state index in [-0.39, 0.29) is 31.4 Å². The number of fused-ring (bicyclic) bond motifs is 1. The molecule has 2 amide bonds. The van der Waals surface area contributed by atoms with E-state index in [1.54, 1.807) is 19.9 Å². The van der Waals surface area contributed by atoms with Crippen LogP contribution in [-0.2, 0) is 20.9 Å². The number of terminal acetylenes is 1. The van der Waals surface area contributed by atoms with Gasteiger partial charge in [0.1, 0.15) is 18.1 Å². The van der Waals surface area contributed by atoms with Gasteiger partial charge in [-0.25, -0.2) is 4.79 Å². The summed E-state index contributed by atoms with van der Waals surface area (Å²) in [4.78, 5) is 37.9. The summed E-state index contributed by atoms with van der Waals surface area (Å²) in [5, 5.41) is 2.63. The number of benzene rings is 2. The van der Waals surface area contributed by atoms with E-state index in [0.717, 1.165) is 5.56 Å². The number of esters is 1. The lowest BCUT2D eigenvalue weighted by Crippen LogP contribution is -2.54. The highest BCUT2D eigenvalue weighted by atomic mass is 16.5. The lowest BCUT2D eigenvalue weighted by Gasteiger charge is -2.39. The zero-order chi connectivity index (χ0) is 23.3. The van der Waals surface area contributed by atoms with E-state index in [9.17, 15) is 14.4 Å². The second-order valence-corrected chi connectivity index (χ2v) is 7.61. The van der Waals surface area contributed by atoms with E-state index in [0.29, 0.717) is 17.0 Å². The van der Waals surface area contributed by atoms with Gasteiger partial charge in [0.25, 0.3) is 5.91 Å². The molecule has 2 aromatic carbocycles. The van der Waals surface area contributed by atoms with Gasteiger partial charge in [-0.3, -0.25) is 9.59 Å². The second-order valence-electron chi connectivity index (χ2n) is 7.61. The summed E-state index contributed by atoms with van der Waals surface area (Å²) in [6.07, 6.45) is 4.93. The molecule has 2 aromatic rings. The molecule has 0 unspecified atom stereocenters. The molecule has 0 aliphatic carbocycles. The third-order valence-corrected chi connectivity index (χ3v) is 4.70. The second kappa shape index (κ2) is 9.43. The van der Waals surface area contributed by atoms with Crippen molar-refractivity contribution in [2.45, 2.75) is 33.0 Å². The molecule has 8 nitrogen and oxygen atoms in total. The maximum Gasteiger partial charge on any atom is 0.407 e. The average Bonchev–Trinajstić information content (AvgIpc) is 2.75.